The average Bonchev–Trinajstić information content (AvgIpc) is 2.36. The number of hydrogen-bond donors (Lipinski definition) is 1. The molecule has 0 saturated carbocycles. The number of esters is 2. The average molecular weight is 259 g/mol. The van der Waals surface area contributed by atoms with Crippen molar-refractivity contribution in [3.8, 4) is 0 Å². The van der Waals surface area contributed by atoms with Crippen LogP contribution >= 0.6 is 0 Å². The van der Waals surface area contributed by atoms with Crippen LogP contribution in [-0.4, -0.2) is 51.8 Å². The van der Waals surface area contributed by atoms with Crippen molar-refractivity contribution in [1.82, 2.24) is 5.32 Å². The van der Waals surface area contributed by atoms with Crippen LogP contribution in [0.3, 0.4) is 0 Å². The van der Waals surface area contributed by atoms with Crippen molar-refractivity contribution in [1.29, 1.82) is 0 Å². The fourth-order valence-electron chi connectivity index (χ4n) is 1.09. The second kappa shape index (κ2) is 9.17. The van der Waals surface area contributed by atoms with Gasteiger partial charge in [0, 0.05) is 13.2 Å². The molecule has 1 amide bonds. The first kappa shape index (κ1) is 16.1. The van der Waals surface area contributed by atoms with E-state index in [0.29, 0.717) is 0 Å². The molecule has 0 saturated heterocycles. The zero-order valence-corrected chi connectivity index (χ0v) is 10.6. The lowest BCUT2D eigenvalue weighted by molar-refractivity contribution is -0.145. The molecule has 0 spiro atoms. The van der Waals surface area contributed by atoms with Gasteiger partial charge >= 0.3 is 11.9 Å². The number of carbonyl (C=O) groups is 3. The number of ether oxygens (including phenoxy) is 3. The van der Waals surface area contributed by atoms with Crippen LogP contribution in [0.25, 0.3) is 0 Å². The molecule has 0 radical (unpaired) electrons. The van der Waals surface area contributed by atoms with Gasteiger partial charge in [-0.2, -0.15) is 0 Å². The minimum absolute atomic E-state index is 0.122. The van der Waals surface area contributed by atoms with E-state index in [1.54, 1.807) is 0 Å². The molecule has 0 bridgehead atoms. The number of nitrogens with one attached hydrogen (secondary N) is 1. The Labute approximate surface area is 105 Å². The van der Waals surface area contributed by atoms with Crippen LogP contribution in [0.2, 0.25) is 0 Å². The molecule has 0 aromatic carbocycles. The van der Waals surface area contributed by atoms with E-state index in [4.69, 9.17) is 0 Å². The lowest BCUT2D eigenvalue weighted by atomic mass is 10.2. The van der Waals surface area contributed by atoms with Crippen molar-refractivity contribution in [3.05, 3.63) is 12.2 Å². The molecule has 18 heavy (non-hydrogen) atoms. The summed E-state index contributed by atoms with van der Waals surface area (Å²) < 4.78 is 13.5. The highest BCUT2D eigenvalue weighted by Crippen LogP contribution is 1.97. The van der Waals surface area contributed by atoms with Crippen LogP contribution in [0.4, 0.5) is 0 Å². The molecule has 102 valence electrons. The first-order valence-corrected chi connectivity index (χ1v) is 5.15. The van der Waals surface area contributed by atoms with Gasteiger partial charge in [0.15, 0.2) is 0 Å². The van der Waals surface area contributed by atoms with Crippen LogP contribution in [0, 0.1) is 0 Å². The van der Waals surface area contributed by atoms with E-state index < -0.39 is 23.9 Å². The maximum Gasteiger partial charge on any atom is 0.330 e. The molecule has 7 nitrogen and oxygen atoms in total. The van der Waals surface area contributed by atoms with Crippen molar-refractivity contribution in [2.24, 2.45) is 0 Å². The minimum Gasteiger partial charge on any atom is -0.467 e. The summed E-state index contributed by atoms with van der Waals surface area (Å²) in [5, 5.41) is 2.42. The van der Waals surface area contributed by atoms with Gasteiger partial charge in [-0.3, -0.25) is 4.79 Å². The van der Waals surface area contributed by atoms with Crippen molar-refractivity contribution in [2.45, 2.75) is 12.5 Å². The summed E-state index contributed by atoms with van der Waals surface area (Å²) in [6.07, 6.45) is 2.70. The summed E-state index contributed by atoms with van der Waals surface area (Å²) in [6.45, 7) is -0.159. The molecule has 0 rings (SSSR count). The second-order valence-electron chi connectivity index (χ2n) is 3.24. The lowest BCUT2D eigenvalue weighted by Crippen LogP contribution is -2.42. The maximum atomic E-state index is 11.4. The first-order valence-electron chi connectivity index (χ1n) is 5.15. The van der Waals surface area contributed by atoms with E-state index in [2.05, 4.69) is 19.5 Å². The van der Waals surface area contributed by atoms with E-state index in [0.717, 1.165) is 0 Å². The Balaban J connectivity index is 4.41. The van der Waals surface area contributed by atoms with E-state index in [1.807, 2.05) is 0 Å². The molecular weight excluding hydrogens is 242 g/mol. The van der Waals surface area contributed by atoms with Crippen molar-refractivity contribution in [3.63, 3.8) is 0 Å². The molecule has 0 aliphatic carbocycles. The van der Waals surface area contributed by atoms with Crippen molar-refractivity contribution in [2.75, 3.05) is 27.9 Å². The maximum absolute atomic E-state index is 11.4. The number of amides is 1. The number of hydrogen-bond acceptors (Lipinski definition) is 6. The predicted octanol–water partition coefficient (Wildman–Crippen LogP) is -0.590. The normalized spacial score (nSPS) is 11.9. The SMILES string of the molecule is COCC(=O)N[C@@H](C/C=C/C(=O)OC)C(=O)OC. The summed E-state index contributed by atoms with van der Waals surface area (Å²) in [4.78, 5) is 33.5. The molecule has 0 aliphatic rings. The molecular formula is C11H17NO6. The topological polar surface area (TPSA) is 90.9 Å². The van der Waals surface area contributed by atoms with E-state index in [9.17, 15) is 14.4 Å². The highest BCUT2D eigenvalue weighted by molar-refractivity contribution is 5.85. The van der Waals surface area contributed by atoms with Gasteiger partial charge in [0.1, 0.15) is 12.6 Å². The summed E-state index contributed by atoms with van der Waals surface area (Å²) in [5.41, 5.74) is 0. The van der Waals surface area contributed by atoms with Crippen LogP contribution < -0.4 is 5.32 Å². The molecule has 7 heteroatoms. The first-order chi connectivity index (χ1) is 8.54. The van der Waals surface area contributed by atoms with Gasteiger partial charge in [-0.25, -0.2) is 9.59 Å². The van der Waals surface area contributed by atoms with Crippen molar-refractivity contribution >= 4 is 17.8 Å². The van der Waals surface area contributed by atoms with Gasteiger partial charge in [-0.05, 0) is 6.42 Å². The largest absolute Gasteiger partial charge is 0.467 e. The number of methoxy groups -OCH3 is 3. The Bertz CT molecular complexity index is 325. The molecule has 0 aromatic heterocycles. The van der Waals surface area contributed by atoms with Crippen LogP contribution in [0.1, 0.15) is 6.42 Å². The highest BCUT2D eigenvalue weighted by atomic mass is 16.5. The molecule has 0 aliphatic heterocycles. The summed E-state index contributed by atoms with van der Waals surface area (Å²) in [5.74, 6) is -1.59. The predicted molar refractivity (Wildman–Crippen MR) is 61.6 cm³/mol. The number of rotatable bonds is 7. The Morgan fingerprint density at radius 1 is 1.17 bits per heavy atom. The van der Waals surface area contributed by atoms with Crippen LogP contribution in [0.15, 0.2) is 12.2 Å². The third-order valence-electron chi connectivity index (χ3n) is 1.92. The Morgan fingerprint density at radius 3 is 2.33 bits per heavy atom. The molecule has 0 aromatic rings. The smallest absolute Gasteiger partial charge is 0.330 e. The highest BCUT2D eigenvalue weighted by Gasteiger charge is 2.19. The van der Waals surface area contributed by atoms with Gasteiger partial charge in [0.25, 0.3) is 0 Å². The Morgan fingerprint density at radius 2 is 1.83 bits per heavy atom. The van der Waals surface area contributed by atoms with E-state index in [-0.39, 0.29) is 13.0 Å². The summed E-state index contributed by atoms with van der Waals surface area (Å²) >= 11 is 0. The minimum atomic E-state index is -0.862. The Hall–Kier alpha value is -1.89. The zero-order chi connectivity index (χ0) is 14.0. The molecule has 0 fully saturated rings. The number of carbonyl (C=O) groups excluding carboxylic acids is 3. The standard InChI is InChI=1S/C11H17NO6/c1-16-7-9(13)12-8(11(15)18-3)5-4-6-10(14)17-2/h4,6,8H,5,7H2,1-3H3,(H,12,13)/b6-4+/t8-/m0/s1. The fraction of sp³-hybridized carbons (Fsp3) is 0.545. The zero-order valence-electron chi connectivity index (χ0n) is 10.6. The van der Waals surface area contributed by atoms with Gasteiger partial charge < -0.3 is 19.5 Å². The monoisotopic (exact) mass is 259 g/mol. The third-order valence-corrected chi connectivity index (χ3v) is 1.92. The van der Waals surface area contributed by atoms with Crippen molar-refractivity contribution < 1.29 is 28.6 Å². The van der Waals surface area contributed by atoms with Gasteiger partial charge in [0.05, 0.1) is 14.2 Å². The lowest BCUT2D eigenvalue weighted by Gasteiger charge is -2.14. The molecule has 0 unspecified atom stereocenters. The van der Waals surface area contributed by atoms with E-state index >= 15 is 0 Å². The van der Waals surface area contributed by atoms with Gasteiger partial charge in [0.2, 0.25) is 5.91 Å². The van der Waals surface area contributed by atoms with Gasteiger partial charge in [-0.15, -0.1) is 0 Å². The summed E-state index contributed by atoms with van der Waals surface area (Å²) in [7, 11) is 3.82. The van der Waals surface area contributed by atoms with Crippen LogP contribution in [-0.2, 0) is 28.6 Å². The summed E-state index contributed by atoms with van der Waals surface area (Å²) in [6, 6.07) is -0.862. The molecule has 1 atom stereocenters. The second-order valence-corrected chi connectivity index (χ2v) is 3.24. The van der Waals surface area contributed by atoms with Crippen LogP contribution in [0.5, 0.6) is 0 Å². The third kappa shape index (κ3) is 6.64. The molecule has 0 heterocycles. The van der Waals surface area contributed by atoms with Gasteiger partial charge in [-0.1, -0.05) is 6.08 Å². The van der Waals surface area contributed by atoms with E-state index in [1.165, 1.54) is 33.5 Å². The molecule has 1 N–H and O–H groups in total. The quantitative estimate of drug-likeness (QED) is 0.485. The fourth-order valence-corrected chi connectivity index (χ4v) is 1.09. The Kier molecular flexibility index (Phi) is 8.21.